The molecular weight excluding hydrogens is 1080 g/mol. The number of amides is 1. The Labute approximate surface area is 484 Å². The number of benzene rings is 3. The second-order valence-electron chi connectivity index (χ2n) is 23.4. The van der Waals surface area contributed by atoms with E-state index in [0.29, 0.717) is 41.0 Å². The topological polar surface area (TPSA) is 351 Å². The molecule has 84 heavy (non-hydrogen) atoms. The zero-order chi connectivity index (χ0) is 58.6. The van der Waals surface area contributed by atoms with Gasteiger partial charge in [-0.25, -0.2) is 0 Å². The molecule has 6 heterocycles. The molecule has 3 aromatic rings. The number of hydrogen-bond acceptors (Lipinski definition) is 22. The first-order chi connectivity index (χ1) is 40.6. The van der Waals surface area contributed by atoms with E-state index in [1.807, 2.05) is 47.4 Å². The van der Waals surface area contributed by atoms with E-state index in [1.165, 1.54) is 12.1 Å². The summed E-state index contributed by atoms with van der Waals surface area (Å²) in [4.78, 5) is 58.0. The Hall–Kier alpha value is -6.60. The quantitative estimate of drug-likeness (QED) is 0.0424. The molecule has 6 aliphatic heterocycles. The molecule has 14 unspecified atom stereocenters. The number of carbonyl (C=O) groups excluding carboxylic acids is 4. The minimum atomic E-state index is -2.47. The normalized spacial score (nSPS) is 33.1. The van der Waals surface area contributed by atoms with Gasteiger partial charge in [0.2, 0.25) is 12.2 Å². The van der Waals surface area contributed by atoms with Crippen LogP contribution in [0, 0.1) is 23.2 Å². The molecule has 15 N–H and O–H groups in total. The van der Waals surface area contributed by atoms with Gasteiger partial charge in [-0.3, -0.25) is 30.8 Å². The summed E-state index contributed by atoms with van der Waals surface area (Å²) in [6.07, 6.45) is -0.857. The van der Waals surface area contributed by atoms with Crippen LogP contribution >= 0.6 is 0 Å². The smallest absolute Gasteiger partial charge is 0.242 e. The number of carbonyl (C=O) groups is 4. The Morgan fingerprint density at radius 3 is 2.61 bits per heavy atom. The van der Waals surface area contributed by atoms with Gasteiger partial charge in [0.1, 0.15) is 55.5 Å². The molecule has 14 atom stereocenters. The number of para-hydroxylation sites is 1. The number of rotatable bonds is 14. The third-order valence-corrected chi connectivity index (χ3v) is 18.1. The van der Waals surface area contributed by atoms with E-state index in [2.05, 4.69) is 38.4 Å². The zero-order valence-corrected chi connectivity index (χ0v) is 46.2. The van der Waals surface area contributed by atoms with Gasteiger partial charge in [-0.05, 0) is 72.6 Å². The second kappa shape index (κ2) is 23.7. The van der Waals surface area contributed by atoms with E-state index in [1.54, 1.807) is 12.1 Å². The maximum atomic E-state index is 15.4. The van der Waals surface area contributed by atoms with Gasteiger partial charge in [-0.15, -0.1) is 0 Å². The van der Waals surface area contributed by atoms with Crippen molar-refractivity contribution < 1.29 is 73.5 Å². The average Bonchev–Trinajstić information content (AvgIpc) is 2.94. The summed E-state index contributed by atoms with van der Waals surface area (Å²) in [6, 6.07) is 12.5. The fraction of sp³-hybridized carbons (Fsp3) is 0.508. The van der Waals surface area contributed by atoms with Gasteiger partial charge in [-0.2, -0.15) is 0 Å². The van der Waals surface area contributed by atoms with Crippen molar-refractivity contribution in [1.82, 2.24) is 26.6 Å². The SMILES string of the molecule is NC1=C2C(=CCN1)C(CO)(COC1C3Oc4c(cc5c(c4OCC(O)CC=O)C(=O)c4cc(CO)ccc4C5=O)C(c4ccccc4N4CNC5C(=O)NC(N)NC54)C4CCC(O)CC#CC(O)(C(COC4)O3)C1O)C=CC2NC1CCCC1. The van der Waals surface area contributed by atoms with Crippen LogP contribution in [0.5, 0.6) is 11.5 Å². The number of anilines is 1. The molecule has 3 saturated heterocycles. The van der Waals surface area contributed by atoms with Crippen molar-refractivity contribution >= 4 is 29.4 Å². The van der Waals surface area contributed by atoms with Crippen molar-refractivity contribution in [2.75, 3.05) is 51.1 Å². The first-order valence-electron chi connectivity index (χ1n) is 29.0. The number of hydrogen-bond donors (Lipinski definition) is 13. The highest BCUT2D eigenvalue weighted by Crippen LogP contribution is 2.53. The summed E-state index contributed by atoms with van der Waals surface area (Å²) in [7, 11) is 0. The fourth-order valence-corrected chi connectivity index (χ4v) is 13.7. The summed E-state index contributed by atoms with van der Waals surface area (Å²) in [6.45, 7) is -1.91. The van der Waals surface area contributed by atoms with Crippen molar-refractivity contribution in [2.45, 2.75) is 137 Å². The molecule has 446 valence electrons. The van der Waals surface area contributed by atoms with Gasteiger partial charge >= 0.3 is 0 Å². The zero-order valence-electron chi connectivity index (χ0n) is 46.2. The number of nitrogens with zero attached hydrogens (tertiary/aromatic N) is 1. The Balaban J connectivity index is 1.07. The van der Waals surface area contributed by atoms with E-state index < -0.39 is 110 Å². The van der Waals surface area contributed by atoms with Crippen LogP contribution in [0.1, 0.15) is 106 Å². The molecule has 0 radical (unpaired) electrons. The third kappa shape index (κ3) is 10.4. The molecule has 3 aliphatic carbocycles. The maximum absolute atomic E-state index is 15.4. The van der Waals surface area contributed by atoms with Gasteiger partial charge in [-0.1, -0.05) is 67.2 Å². The van der Waals surface area contributed by atoms with Crippen LogP contribution in [0.25, 0.3) is 0 Å². The molecule has 3 bridgehead atoms. The number of aliphatic hydroxyl groups excluding tert-OH is 5. The van der Waals surface area contributed by atoms with Crippen LogP contribution in [0.15, 0.2) is 83.7 Å². The molecule has 23 nitrogen and oxygen atoms in total. The molecule has 0 spiro atoms. The van der Waals surface area contributed by atoms with E-state index in [4.69, 9.17) is 35.2 Å². The molecule has 0 aromatic heterocycles. The van der Waals surface area contributed by atoms with E-state index >= 15 is 9.59 Å². The molecule has 4 fully saturated rings. The van der Waals surface area contributed by atoms with Gasteiger partial charge in [0.05, 0.1) is 68.9 Å². The molecule has 9 aliphatic rings. The minimum absolute atomic E-state index is 0.0351. The molecule has 3 aromatic carbocycles. The predicted molar refractivity (Wildman–Crippen MR) is 301 cm³/mol. The Morgan fingerprint density at radius 1 is 0.988 bits per heavy atom. The number of nitrogens with one attached hydrogen (secondary N) is 5. The van der Waals surface area contributed by atoms with Gasteiger partial charge in [0.15, 0.2) is 28.7 Å². The van der Waals surface area contributed by atoms with Crippen LogP contribution in [0.3, 0.4) is 0 Å². The lowest BCUT2D eigenvalue weighted by Crippen LogP contribution is -2.70. The number of ketones is 2. The molecular formula is C61H72N8O15. The lowest BCUT2D eigenvalue weighted by atomic mass is 9.70. The minimum Gasteiger partial charge on any atom is -0.486 e. The van der Waals surface area contributed by atoms with Crippen LogP contribution < -0.4 is 52.4 Å². The molecule has 23 heteroatoms. The highest BCUT2D eigenvalue weighted by atomic mass is 16.7. The van der Waals surface area contributed by atoms with E-state index in [9.17, 15) is 40.2 Å². The number of aliphatic hydroxyl groups is 6. The molecule has 1 amide bonds. The summed E-state index contributed by atoms with van der Waals surface area (Å²) in [5, 5.41) is 87.1. The number of ether oxygens (including phenoxy) is 5. The highest BCUT2D eigenvalue weighted by molar-refractivity contribution is 6.29. The van der Waals surface area contributed by atoms with Crippen molar-refractivity contribution in [3.8, 4) is 23.3 Å². The van der Waals surface area contributed by atoms with Crippen molar-refractivity contribution in [3.63, 3.8) is 0 Å². The van der Waals surface area contributed by atoms with Crippen molar-refractivity contribution in [1.29, 1.82) is 0 Å². The Kier molecular flexibility index (Phi) is 16.3. The second-order valence-corrected chi connectivity index (χ2v) is 23.4. The number of dihydropyridines is 1. The fourth-order valence-electron chi connectivity index (χ4n) is 13.7. The van der Waals surface area contributed by atoms with Crippen LogP contribution in [0.2, 0.25) is 0 Å². The van der Waals surface area contributed by atoms with Gasteiger partial charge in [0.25, 0.3) is 0 Å². The average molecular weight is 1160 g/mol. The summed E-state index contributed by atoms with van der Waals surface area (Å²) >= 11 is 0. The lowest BCUT2D eigenvalue weighted by molar-refractivity contribution is -0.310. The van der Waals surface area contributed by atoms with Crippen LogP contribution in [-0.2, 0) is 30.4 Å². The first kappa shape index (κ1) is 57.8. The lowest BCUT2D eigenvalue weighted by Gasteiger charge is -2.48. The summed E-state index contributed by atoms with van der Waals surface area (Å²) in [5.74, 6) is 2.31. The van der Waals surface area contributed by atoms with Crippen molar-refractivity contribution in [2.24, 2.45) is 22.8 Å². The largest absolute Gasteiger partial charge is 0.486 e. The van der Waals surface area contributed by atoms with E-state index in [0.717, 1.165) is 31.3 Å². The summed E-state index contributed by atoms with van der Waals surface area (Å²) < 4.78 is 34.3. The number of nitrogens with two attached hydrogens (primary N) is 2. The van der Waals surface area contributed by atoms with Gasteiger partial charge in [0, 0.05) is 64.9 Å². The Bertz CT molecular complexity index is 3250. The van der Waals surface area contributed by atoms with Crippen molar-refractivity contribution in [3.05, 3.63) is 123 Å². The van der Waals surface area contributed by atoms with E-state index in [-0.39, 0.29) is 109 Å². The summed E-state index contributed by atoms with van der Waals surface area (Å²) in [5.41, 5.74) is 12.0. The third-order valence-electron chi connectivity index (χ3n) is 18.1. The maximum Gasteiger partial charge on any atom is 0.242 e. The Morgan fingerprint density at radius 2 is 1.81 bits per heavy atom. The van der Waals surface area contributed by atoms with Crippen LogP contribution in [0.4, 0.5) is 5.69 Å². The first-order valence-corrected chi connectivity index (χ1v) is 29.0. The molecule has 1 saturated carbocycles. The number of aldehydes is 1. The monoisotopic (exact) mass is 1160 g/mol. The number of fused-ring (bicyclic) bond motifs is 9. The molecule has 12 rings (SSSR count). The standard InChI is InChI=1S/C61H72N8O15/c62-55-47-41(16-20-64-55)60(28-72,19-15-42(47)66-33-6-1-2-7-33)29-82-53-54(77)61(79)18-5-8-34(73)13-12-32-25-80-27-44(61)83-58(53)84-51-40(45(32)37-9-3-4-10-43(37)69-30-65-48-56(69)67-59(63)68-57(48)78)23-39-46(52(51)81-26-35(74)17-21-70)50(76)38-22-31(24-71)11-14-36(38)49(39)75/h3-4,9-11,14-16,19,21-23,32-35,42,44-45,48,53-54,56,58-59,64-67,71-74,77,79H,1-2,6-8,12-13,17,20,24-30,62-63H2,(H,68,78). The van der Waals surface area contributed by atoms with Gasteiger partial charge < -0.3 is 85.7 Å². The highest BCUT2D eigenvalue weighted by Gasteiger charge is 2.58. The predicted octanol–water partition coefficient (Wildman–Crippen LogP) is -0.637. The van der Waals surface area contributed by atoms with Crippen LogP contribution in [-0.4, -0.2) is 174 Å².